The summed E-state index contributed by atoms with van der Waals surface area (Å²) in [7, 11) is 0. The maximum absolute atomic E-state index is 12.5. The van der Waals surface area contributed by atoms with Crippen LogP contribution in [0.4, 0.5) is 13.2 Å². The Kier molecular flexibility index (Phi) is 3.41. The molecule has 0 unspecified atom stereocenters. The van der Waals surface area contributed by atoms with Gasteiger partial charge in [0.05, 0.1) is 16.1 Å². The van der Waals surface area contributed by atoms with Gasteiger partial charge in [0.25, 0.3) is 0 Å². The second-order valence-electron chi connectivity index (χ2n) is 4.82. The summed E-state index contributed by atoms with van der Waals surface area (Å²) in [6.07, 6.45) is -2.42. The van der Waals surface area contributed by atoms with Gasteiger partial charge in [0.1, 0.15) is 0 Å². The zero-order valence-electron chi connectivity index (χ0n) is 10.9. The molecule has 0 bridgehead atoms. The van der Waals surface area contributed by atoms with Crippen molar-refractivity contribution in [2.24, 2.45) is 0 Å². The molecule has 5 heteroatoms. The number of halogens is 4. The lowest BCUT2D eigenvalue weighted by atomic mass is 10.1. The van der Waals surface area contributed by atoms with Gasteiger partial charge in [0, 0.05) is 18.1 Å². The molecule has 21 heavy (non-hydrogen) atoms. The van der Waals surface area contributed by atoms with Crippen LogP contribution in [0, 0.1) is 0 Å². The molecule has 0 spiro atoms. The number of rotatable bonds is 2. The van der Waals surface area contributed by atoms with E-state index in [1.807, 2.05) is 29.0 Å². The third-order valence-corrected chi connectivity index (χ3v) is 3.68. The van der Waals surface area contributed by atoms with Crippen molar-refractivity contribution in [1.82, 2.24) is 4.57 Å². The van der Waals surface area contributed by atoms with E-state index >= 15 is 0 Å². The van der Waals surface area contributed by atoms with Crippen LogP contribution < -0.4 is 0 Å². The zero-order valence-corrected chi connectivity index (χ0v) is 11.6. The van der Waals surface area contributed by atoms with E-state index in [1.165, 1.54) is 12.1 Å². The number of aromatic nitrogens is 1. The van der Waals surface area contributed by atoms with E-state index in [4.69, 9.17) is 11.6 Å². The molecule has 0 fully saturated rings. The van der Waals surface area contributed by atoms with Gasteiger partial charge in [0.2, 0.25) is 0 Å². The fourth-order valence-electron chi connectivity index (χ4n) is 2.34. The highest BCUT2D eigenvalue weighted by Crippen LogP contribution is 2.30. The predicted molar refractivity (Wildman–Crippen MR) is 77.5 cm³/mol. The lowest BCUT2D eigenvalue weighted by Crippen LogP contribution is -2.05. The molecule has 0 aliphatic heterocycles. The van der Waals surface area contributed by atoms with Crippen molar-refractivity contribution in [2.75, 3.05) is 0 Å². The fourth-order valence-corrected chi connectivity index (χ4v) is 2.63. The molecule has 108 valence electrons. The Morgan fingerprint density at radius 2 is 1.67 bits per heavy atom. The smallest absolute Gasteiger partial charge is 0.342 e. The van der Waals surface area contributed by atoms with Crippen molar-refractivity contribution in [2.45, 2.75) is 12.7 Å². The van der Waals surface area contributed by atoms with Crippen LogP contribution >= 0.6 is 11.6 Å². The number of benzene rings is 2. The first-order valence-corrected chi connectivity index (χ1v) is 6.72. The maximum Gasteiger partial charge on any atom is 0.416 e. The second-order valence-corrected chi connectivity index (χ2v) is 5.22. The second kappa shape index (κ2) is 5.11. The first-order valence-electron chi connectivity index (χ1n) is 6.34. The summed E-state index contributed by atoms with van der Waals surface area (Å²) < 4.78 is 39.5. The highest BCUT2D eigenvalue weighted by Gasteiger charge is 2.29. The van der Waals surface area contributed by atoms with Gasteiger partial charge in [-0.2, -0.15) is 13.2 Å². The van der Waals surface area contributed by atoms with Gasteiger partial charge in [-0.15, -0.1) is 0 Å². The van der Waals surface area contributed by atoms with Crippen LogP contribution in [0.25, 0.3) is 10.9 Å². The van der Waals surface area contributed by atoms with E-state index in [0.717, 1.165) is 28.6 Å². The number of alkyl halides is 3. The van der Waals surface area contributed by atoms with E-state index in [-0.39, 0.29) is 0 Å². The molecule has 1 nitrogen and oxygen atoms in total. The van der Waals surface area contributed by atoms with E-state index in [9.17, 15) is 13.2 Å². The summed E-state index contributed by atoms with van der Waals surface area (Å²) in [4.78, 5) is 0. The van der Waals surface area contributed by atoms with Gasteiger partial charge in [-0.1, -0.05) is 35.9 Å². The highest BCUT2D eigenvalue weighted by atomic mass is 35.5. The number of para-hydroxylation sites is 1. The largest absolute Gasteiger partial charge is 0.416 e. The van der Waals surface area contributed by atoms with Crippen LogP contribution in [0.5, 0.6) is 0 Å². The number of hydrogen-bond donors (Lipinski definition) is 0. The molecule has 0 radical (unpaired) electrons. The molecule has 1 heterocycles. The number of nitrogens with zero attached hydrogens (tertiary/aromatic N) is 1. The van der Waals surface area contributed by atoms with Gasteiger partial charge >= 0.3 is 6.18 Å². The summed E-state index contributed by atoms with van der Waals surface area (Å²) >= 11 is 6.19. The van der Waals surface area contributed by atoms with E-state index in [0.29, 0.717) is 11.6 Å². The lowest BCUT2D eigenvalue weighted by Gasteiger charge is -2.09. The third kappa shape index (κ3) is 2.76. The minimum absolute atomic E-state index is 0.478. The minimum Gasteiger partial charge on any atom is -0.342 e. The van der Waals surface area contributed by atoms with Crippen molar-refractivity contribution < 1.29 is 13.2 Å². The van der Waals surface area contributed by atoms with Gasteiger partial charge in [0.15, 0.2) is 0 Å². The highest BCUT2D eigenvalue weighted by molar-refractivity contribution is 6.35. The van der Waals surface area contributed by atoms with Crippen molar-refractivity contribution in [3.63, 3.8) is 0 Å². The van der Waals surface area contributed by atoms with Gasteiger partial charge in [-0.25, -0.2) is 0 Å². The molecular formula is C16H11ClF3N. The summed E-state index contributed by atoms with van der Waals surface area (Å²) in [6.45, 7) is 0.478. The molecule has 0 saturated carbocycles. The van der Waals surface area contributed by atoms with Crippen molar-refractivity contribution in [3.05, 3.63) is 70.9 Å². The monoisotopic (exact) mass is 309 g/mol. The van der Waals surface area contributed by atoms with Gasteiger partial charge in [-0.05, 0) is 29.8 Å². The molecule has 1 aromatic heterocycles. The van der Waals surface area contributed by atoms with Crippen LogP contribution in [0.3, 0.4) is 0 Å². The maximum atomic E-state index is 12.5. The summed E-state index contributed by atoms with van der Waals surface area (Å²) in [6, 6.07) is 12.7. The minimum atomic E-state index is -4.30. The molecule has 0 aliphatic rings. The molecule has 0 N–H and O–H groups in total. The van der Waals surface area contributed by atoms with E-state index < -0.39 is 11.7 Å². The Morgan fingerprint density at radius 1 is 0.952 bits per heavy atom. The summed E-state index contributed by atoms with van der Waals surface area (Å²) in [5.41, 5.74) is 1.04. The Bertz CT molecular complexity index is 772. The predicted octanol–water partition coefficient (Wildman–Crippen LogP) is 5.36. The van der Waals surface area contributed by atoms with Crippen LogP contribution in [-0.4, -0.2) is 4.57 Å². The van der Waals surface area contributed by atoms with Crippen molar-refractivity contribution >= 4 is 22.5 Å². The Hall–Kier alpha value is -1.94. The standard InChI is InChI=1S/C16H11ClF3N/c17-14-3-1-2-12-8-9-21(15(12)14)10-11-4-6-13(7-5-11)16(18,19)20/h1-9H,10H2. The van der Waals surface area contributed by atoms with Crippen molar-refractivity contribution in [1.29, 1.82) is 0 Å². The van der Waals surface area contributed by atoms with Crippen LogP contribution in [0.2, 0.25) is 5.02 Å². The van der Waals surface area contributed by atoms with Crippen LogP contribution in [-0.2, 0) is 12.7 Å². The normalized spacial score (nSPS) is 12.0. The van der Waals surface area contributed by atoms with E-state index in [2.05, 4.69) is 0 Å². The lowest BCUT2D eigenvalue weighted by molar-refractivity contribution is -0.137. The molecule has 3 aromatic rings. The summed E-state index contributed by atoms with van der Waals surface area (Å²) in [5, 5.41) is 1.64. The van der Waals surface area contributed by atoms with Gasteiger partial charge < -0.3 is 4.57 Å². The van der Waals surface area contributed by atoms with E-state index in [1.54, 1.807) is 6.07 Å². The Labute approximate surface area is 124 Å². The molecule has 2 aromatic carbocycles. The zero-order chi connectivity index (χ0) is 15.0. The Balaban J connectivity index is 1.92. The topological polar surface area (TPSA) is 4.93 Å². The molecule has 0 aliphatic carbocycles. The fraction of sp³-hybridized carbons (Fsp3) is 0.125. The molecular weight excluding hydrogens is 299 g/mol. The molecule has 0 atom stereocenters. The first kappa shape index (κ1) is 14.0. The van der Waals surface area contributed by atoms with Crippen molar-refractivity contribution in [3.8, 4) is 0 Å². The first-order chi connectivity index (χ1) is 9.95. The third-order valence-electron chi connectivity index (χ3n) is 3.37. The average Bonchev–Trinajstić information content (AvgIpc) is 2.83. The Morgan fingerprint density at radius 3 is 2.33 bits per heavy atom. The van der Waals surface area contributed by atoms with Gasteiger partial charge in [-0.3, -0.25) is 0 Å². The average molecular weight is 310 g/mol. The molecule has 0 saturated heterocycles. The summed E-state index contributed by atoms with van der Waals surface area (Å²) in [5.74, 6) is 0. The van der Waals surface area contributed by atoms with Crippen LogP contribution in [0.1, 0.15) is 11.1 Å². The molecule has 0 amide bonds. The molecule has 3 rings (SSSR count). The number of fused-ring (bicyclic) bond motifs is 1. The SMILES string of the molecule is FC(F)(F)c1ccc(Cn2ccc3cccc(Cl)c32)cc1. The number of hydrogen-bond acceptors (Lipinski definition) is 0. The van der Waals surface area contributed by atoms with Crippen LogP contribution in [0.15, 0.2) is 54.7 Å². The quantitative estimate of drug-likeness (QED) is 0.600.